The Labute approximate surface area is 79.8 Å². The first kappa shape index (κ1) is 9.72. The van der Waals surface area contributed by atoms with Crippen LogP contribution in [0.1, 0.15) is 25.1 Å². The lowest BCUT2D eigenvalue weighted by atomic mass is 10.1. The first-order valence-corrected chi connectivity index (χ1v) is 4.50. The minimum Gasteiger partial charge on any atom is -0.256 e. The molecular weight excluding hydrogens is 158 g/mol. The second kappa shape index (κ2) is 4.61. The van der Waals surface area contributed by atoms with Gasteiger partial charge in [0.25, 0.3) is 0 Å². The molecule has 1 aromatic rings. The van der Waals surface area contributed by atoms with Crippen LogP contribution < -0.4 is 0 Å². The summed E-state index contributed by atoms with van der Waals surface area (Å²) in [5, 5.41) is 0. The van der Waals surface area contributed by atoms with Gasteiger partial charge >= 0.3 is 0 Å². The Bertz CT molecular complexity index is 335. The lowest BCUT2D eigenvalue weighted by molar-refractivity contribution is 1.24. The Morgan fingerprint density at radius 2 is 2.15 bits per heavy atom. The molecule has 0 fully saturated rings. The molecule has 68 valence electrons. The van der Waals surface area contributed by atoms with Crippen molar-refractivity contribution in [3.8, 4) is 0 Å². The maximum atomic E-state index is 4.31. The van der Waals surface area contributed by atoms with Gasteiger partial charge in [0.2, 0.25) is 0 Å². The molecule has 0 radical (unpaired) electrons. The summed E-state index contributed by atoms with van der Waals surface area (Å²) >= 11 is 0. The molecule has 0 aliphatic heterocycles. The van der Waals surface area contributed by atoms with E-state index in [-0.39, 0.29) is 0 Å². The number of hydrogen-bond acceptors (Lipinski definition) is 1. The highest BCUT2D eigenvalue weighted by atomic mass is 14.7. The summed E-state index contributed by atoms with van der Waals surface area (Å²) in [6, 6.07) is 4.10. The van der Waals surface area contributed by atoms with Crippen molar-refractivity contribution in [2.24, 2.45) is 0 Å². The van der Waals surface area contributed by atoms with E-state index < -0.39 is 0 Å². The third kappa shape index (κ3) is 2.55. The zero-order chi connectivity index (χ0) is 9.68. The lowest BCUT2D eigenvalue weighted by Gasteiger charge is -2.01. The summed E-state index contributed by atoms with van der Waals surface area (Å²) in [7, 11) is 0. The topological polar surface area (TPSA) is 12.9 Å². The summed E-state index contributed by atoms with van der Waals surface area (Å²) in [5.74, 6) is 0. The first-order valence-electron chi connectivity index (χ1n) is 4.50. The van der Waals surface area contributed by atoms with E-state index in [9.17, 15) is 0 Å². The fraction of sp³-hybridized carbons (Fsp3) is 0.250. The highest BCUT2D eigenvalue weighted by Gasteiger charge is 1.97. The van der Waals surface area contributed by atoms with Crippen LogP contribution in [0.25, 0.3) is 5.57 Å². The van der Waals surface area contributed by atoms with Gasteiger partial charge in [0.1, 0.15) is 0 Å². The number of hydrogen-bond donors (Lipinski definition) is 0. The Morgan fingerprint density at radius 1 is 1.38 bits per heavy atom. The maximum absolute atomic E-state index is 4.31. The van der Waals surface area contributed by atoms with E-state index in [1.54, 1.807) is 0 Å². The highest BCUT2D eigenvalue weighted by molar-refractivity contribution is 5.71. The zero-order valence-corrected chi connectivity index (χ0v) is 8.41. The Balaban J connectivity index is 3.06. The Kier molecular flexibility index (Phi) is 3.44. The van der Waals surface area contributed by atoms with Crippen molar-refractivity contribution in [2.75, 3.05) is 0 Å². The molecule has 1 nitrogen and oxygen atoms in total. The molecular formula is C12H15N. The van der Waals surface area contributed by atoms with E-state index >= 15 is 0 Å². The van der Waals surface area contributed by atoms with Crippen LogP contribution in [0, 0.1) is 6.92 Å². The van der Waals surface area contributed by atoms with Crippen molar-refractivity contribution >= 4 is 5.57 Å². The molecule has 0 spiro atoms. The van der Waals surface area contributed by atoms with Crippen molar-refractivity contribution < 1.29 is 0 Å². The van der Waals surface area contributed by atoms with Gasteiger partial charge in [-0.3, -0.25) is 4.98 Å². The van der Waals surface area contributed by atoms with Crippen LogP contribution in [0.2, 0.25) is 0 Å². The Morgan fingerprint density at radius 3 is 2.69 bits per heavy atom. The van der Waals surface area contributed by atoms with Crippen molar-refractivity contribution in [3.05, 3.63) is 47.8 Å². The van der Waals surface area contributed by atoms with Gasteiger partial charge in [-0.1, -0.05) is 18.2 Å². The third-order valence-electron chi connectivity index (χ3n) is 1.87. The molecule has 0 saturated heterocycles. The van der Waals surface area contributed by atoms with Crippen LogP contribution in [0.4, 0.5) is 0 Å². The van der Waals surface area contributed by atoms with E-state index in [1.807, 2.05) is 32.2 Å². The predicted octanol–water partition coefficient (Wildman–Crippen LogP) is 3.37. The summed E-state index contributed by atoms with van der Waals surface area (Å²) in [4.78, 5) is 4.31. The molecule has 0 N–H and O–H groups in total. The van der Waals surface area contributed by atoms with Gasteiger partial charge in [0.05, 0.1) is 5.69 Å². The molecule has 1 rings (SSSR count). The maximum Gasteiger partial charge on any atom is 0.0701 e. The summed E-state index contributed by atoms with van der Waals surface area (Å²) < 4.78 is 0. The molecule has 0 bridgehead atoms. The largest absolute Gasteiger partial charge is 0.256 e. The molecule has 0 aliphatic rings. The van der Waals surface area contributed by atoms with Gasteiger partial charge in [-0.15, -0.1) is 0 Å². The van der Waals surface area contributed by atoms with Crippen LogP contribution in [0.5, 0.6) is 0 Å². The zero-order valence-electron chi connectivity index (χ0n) is 8.41. The van der Waals surface area contributed by atoms with E-state index in [2.05, 4.69) is 30.1 Å². The molecule has 0 amide bonds. The van der Waals surface area contributed by atoms with E-state index in [0.29, 0.717) is 0 Å². The van der Waals surface area contributed by atoms with Crippen molar-refractivity contribution in [2.45, 2.75) is 20.8 Å². The van der Waals surface area contributed by atoms with E-state index in [0.717, 1.165) is 5.69 Å². The number of allylic oxidation sites excluding steroid dienone is 4. The number of aryl methyl sites for hydroxylation is 1. The molecule has 0 unspecified atom stereocenters. The summed E-state index contributed by atoms with van der Waals surface area (Å²) in [6.07, 6.45) is 8.01. The molecule has 0 aromatic carbocycles. The average Bonchev–Trinajstić information content (AvgIpc) is 2.14. The second-order valence-corrected chi connectivity index (χ2v) is 2.96. The van der Waals surface area contributed by atoms with Gasteiger partial charge in [-0.2, -0.15) is 0 Å². The molecule has 13 heavy (non-hydrogen) atoms. The van der Waals surface area contributed by atoms with Gasteiger partial charge in [-0.05, 0) is 44.0 Å². The number of nitrogens with zero attached hydrogens (tertiary/aromatic N) is 1. The van der Waals surface area contributed by atoms with Crippen LogP contribution >= 0.6 is 0 Å². The fourth-order valence-corrected chi connectivity index (χ4v) is 1.20. The molecule has 0 saturated carbocycles. The minimum atomic E-state index is 1.04. The SMILES string of the molecule is C/C=C\C(=C/C)c1cc(C)ccn1. The second-order valence-electron chi connectivity index (χ2n) is 2.96. The normalized spacial score (nSPS) is 12.4. The average molecular weight is 173 g/mol. The van der Waals surface area contributed by atoms with E-state index in [4.69, 9.17) is 0 Å². The number of aromatic nitrogens is 1. The van der Waals surface area contributed by atoms with Gasteiger partial charge in [-0.25, -0.2) is 0 Å². The monoisotopic (exact) mass is 173 g/mol. The van der Waals surface area contributed by atoms with Crippen LogP contribution in [-0.2, 0) is 0 Å². The predicted molar refractivity (Wildman–Crippen MR) is 57.4 cm³/mol. The van der Waals surface area contributed by atoms with Crippen molar-refractivity contribution in [1.82, 2.24) is 4.98 Å². The number of pyridine rings is 1. The molecule has 0 aliphatic carbocycles. The third-order valence-corrected chi connectivity index (χ3v) is 1.87. The quantitative estimate of drug-likeness (QED) is 0.625. The molecule has 1 heteroatoms. The first-order chi connectivity index (χ1) is 6.27. The molecule has 1 heterocycles. The summed E-state index contributed by atoms with van der Waals surface area (Å²) in [5.41, 5.74) is 3.46. The number of rotatable bonds is 2. The van der Waals surface area contributed by atoms with Gasteiger partial charge in [0, 0.05) is 6.20 Å². The summed E-state index contributed by atoms with van der Waals surface area (Å²) in [6.45, 7) is 6.12. The van der Waals surface area contributed by atoms with Crippen LogP contribution in [0.15, 0.2) is 36.6 Å². The minimum absolute atomic E-state index is 1.04. The van der Waals surface area contributed by atoms with Crippen LogP contribution in [-0.4, -0.2) is 4.98 Å². The standard InChI is InChI=1S/C12H15N/c1-4-6-11(5-2)12-9-10(3)7-8-13-12/h4-9H,1-3H3/b6-4-,11-5+. The highest BCUT2D eigenvalue weighted by Crippen LogP contribution is 2.13. The lowest BCUT2D eigenvalue weighted by Crippen LogP contribution is -1.86. The Hall–Kier alpha value is -1.37. The van der Waals surface area contributed by atoms with Crippen molar-refractivity contribution in [3.63, 3.8) is 0 Å². The van der Waals surface area contributed by atoms with Crippen molar-refractivity contribution in [1.29, 1.82) is 0 Å². The van der Waals surface area contributed by atoms with Gasteiger partial charge in [0.15, 0.2) is 0 Å². The molecule has 0 atom stereocenters. The fourth-order valence-electron chi connectivity index (χ4n) is 1.20. The van der Waals surface area contributed by atoms with Crippen LogP contribution in [0.3, 0.4) is 0 Å². The smallest absolute Gasteiger partial charge is 0.0701 e. The van der Waals surface area contributed by atoms with Gasteiger partial charge < -0.3 is 0 Å². The molecule has 1 aromatic heterocycles. The van der Waals surface area contributed by atoms with E-state index in [1.165, 1.54) is 11.1 Å².